The molecule has 2 atom stereocenters. The molecule has 0 aromatic carbocycles. The van der Waals surface area contributed by atoms with Crippen molar-refractivity contribution < 1.29 is 0 Å². The van der Waals surface area contributed by atoms with Gasteiger partial charge in [-0.15, -0.1) is 0 Å². The Morgan fingerprint density at radius 2 is 1.85 bits per heavy atom. The lowest BCUT2D eigenvalue weighted by molar-refractivity contribution is 0.259. The van der Waals surface area contributed by atoms with Gasteiger partial charge in [0.15, 0.2) is 0 Å². The van der Waals surface area contributed by atoms with E-state index < -0.39 is 0 Å². The predicted octanol–water partition coefficient (Wildman–Crippen LogP) is 4.27. The first-order valence-corrected chi connectivity index (χ1v) is 5.74. The molecule has 0 fully saturated rings. The molecule has 1 aliphatic rings. The summed E-state index contributed by atoms with van der Waals surface area (Å²) in [6.45, 7) is 11.8. The normalized spacial score (nSPS) is 29.6. The third-order valence-corrected chi connectivity index (χ3v) is 3.57. The van der Waals surface area contributed by atoms with Crippen molar-refractivity contribution in [2.24, 2.45) is 23.7 Å². The quantitative estimate of drug-likeness (QED) is 0.557. The molecule has 0 saturated heterocycles. The van der Waals surface area contributed by atoms with Crippen LogP contribution in [0.1, 0.15) is 47.5 Å². The largest absolute Gasteiger partial charge is 0.0848 e. The van der Waals surface area contributed by atoms with Crippen LogP contribution in [0.2, 0.25) is 0 Å². The highest BCUT2D eigenvalue weighted by Crippen LogP contribution is 2.38. The predicted molar refractivity (Wildman–Crippen MR) is 59.6 cm³/mol. The van der Waals surface area contributed by atoms with E-state index in [1.165, 1.54) is 12.8 Å². The molecular weight excluding hydrogens is 156 g/mol. The Morgan fingerprint density at radius 1 is 1.23 bits per heavy atom. The summed E-state index contributed by atoms with van der Waals surface area (Å²) in [5, 5.41) is 0. The molecule has 0 heterocycles. The van der Waals surface area contributed by atoms with Crippen molar-refractivity contribution in [1.29, 1.82) is 0 Å². The Bertz CT molecular complexity index is 186. The molecule has 0 N–H and O–H groups in total. The van der Waals surface area contributed by atoms with E-state index in [0.29, 0.717) is 0 Å². The van der Waals surface area contributed by atoms with Crippen LogP contribution < -0.4 is 0 Å². The fourth-order valence-corrected chi connectivity index (χ4v) is 2.80. The Hall–Kier alpha value is -0.260. The first-order valence-electron chi connectivity index (χ1n) is 5.74. The molecule has 0 aliphatic heterocycles. The van der Waals surface area contributed by atoms with Gasteiger partial charge in [0.1, 0.15) is 0 Å². The Labute approximate surface area is 83.4 Å². The van der Waals surface area contributed by atoms with E-state index in [1.54, 1.807) is 5.57 Å². The van der Waals surface area contributed by atoms with Crippen molar-refractivity contribution in [2.45, 2.75) is 47.5 Å². The average molecular weight is 180 g/mol. The summed E-state index contributed by atoms with van der Waals surface area (Å²) in [4.78, 5) is 0. The molecule has 2 unspecified atom stereocenters. The summed E-state index contributed by atoms with van der Waals surface area (Å²) in [7, 11) is 0. The fraction of sp³-hybridized carbons (Fsp3) is 0.846. The second-order valence-corrected chi connectivity index (χ2v) is 5.13. The first-order chi connectivity index (χ1) is 6.04. The summed E-state index contributed by atoms with van der Waals surface area (Å²) >= 11 is 0. The van der Waals surface area contributed by atoms with Crippen molar-refractivity contribution >= 4 is 0 Å². The van der Waals surface area contributed by atoms with Gasteiger partial charge in [-0.05, 0) is 36.5 Å². The molecule has 13 heavy (non-hydrogen) atoms. The third-order valence-electron chi connectivity index (χ3n) is 3.57. The zero-order valence-corrected chi connectivity index (χ0v) is 9.80. The minimum atomic E-state index is 0.747. The lowest BCUT2D eigenvalue weighted by Gasteiger charge is -2.34. The highest BCUT2D eigenvalue weighted by molar-refractivity contribution is 5.13. The third kappa shape index (κ3) is 2.36. The van der Waals surface area contributed by atoms with E-state index in [-0.39, 0.29) is 0 Å². The van der Waals surface area contributed by atoms with E-state index in [9.17, 15) is 0 Å². The van der Waals surface area contributed by atoms with Crippen molar-refractivity contribution in [1.82, 2.24) is 0 Å². The van der Waals surface area contributed by atoms with E-state index in [2.05, 4.69) is 40.7 Å². The average Bonchev–Trinajstić information content (AvgIpc) is 2.03. The van der Waals surface area contributed by atoms with Crippen molar-refractivity contribution in [2.75, 3.05) is 0 Å². The molecule has 0 saturated carbocycles. The van der Waals surface area contributed by atoms with Crippen LogP contribution >= 0.6 is 0 Å². The van der Waals surface area contributed by atoms with Gasteiger partial charge in [-0.3, -0.25) is 0 Å². The molecule has 0 nitrogen and oxygen atoms in total. The second kappa shape index (κ2) is 4.30. The van der Waals surface area contributed by atoms with E-state index in [1.807, 2.05) is 0 Å². The first kappa shape index (κ1) is 10.8. The Balaban J connectivity index is 2.73. The van der Waals surface area contributed by atoms with Gasteiger partial charge in [0.25, 0.3) is 0 Å². The van der Waals surface area contributed by atoms with Crippen molar-refractivity contribution in [3.8, 4) is 0 Å². The van der Waals surface area contributed by atoms with Crippen LogP contribution in [-0.2, 0) is 0 Å². The summed E-state index contributed by atoms with van der Waals surface area (Å²) < 4.78 is 0. The van der Waals surface area contributed by atoms with Crippen LogP contribution in [0.25, 0.3) is 0 Å². The topological polar surface area (TPSA) is 0 Å². The maximum Gasteiger partial charge on any atom is -0.0198 e. The SMILES string of the molecule is CC(C)C1=CCCC(C(C)C)C1C. The fourth-order valence-electron chi connectivity index (χ4n) is 2.80. The van der Waals surface area contributed by atoms with Gasteiger partial charge in [0.2, 0.25) is 0 Å². The van der Waals surface area contributed by atoms with E-state index in [4.69, 9.17) is 0 Å². The molecule has 0 heteroatoms. The molecule has 0 bridgehead atoms. The van der Waals surface area contributed by atoms with Crippen LogP contribution in [0.5, 0.6) is 0 Å². The van der Waals surface area contributed by atoms with Crippen LogP contribution in [0.15, 0.2) is 11.6 Å². The lowest BCUT2D eigenvalue weighted by Crippen LogP contribution is -2.24. The molecule has 0 aromatic rings. The van der Waals surface area contributed by atoms with Gasteiger partial charge in [-0.2, -0.15) is 0 Å². The minimum absolute atomic E-state index is 0.747. The zero-order valence-electron chi connectivity index (χ0n) is 9.80. The van der Waals surface area contributed by atoms with Gasteiger partial charge in [0, 0.05) is 0 Å². The highest BCUT2D eigenvalue weighted by atomic mass is 14.3. The van der Waals surface area contributed by atoms with E-state index >= 15 is 0 Å². The standard InChI is InChI=1S/C13H24/c1-9(2)12-7-6-8-13(10(3)4)11(12)5/h7,9-11,13H,6,8H2,1-5H3. The second-order valence-electron chi connectivity index (χ2n) is 5.13. The minimum Gasteiger partial charge on any atom is -0.0848 e. The van der Waals surface area contributed by atoms with Crippen LogP contribution in [-0.4, -0.2) is 0 Å². The maximum atomic E-state index is 2.48. The van der Waals surface area contributed by atoms with Gasteiger partial charge >= 0.3 is 0 Å². The van der Waals surface area contributed by atoms with Crippen LogP contribution in [0.3, 0.4) is 0 Å². The molecule has 1 rings (SSSR count). The highest BCUT2D eigenvalue weighted by Gasteiger charge is 2.27. The maximum absolute atomic E-state index is 2.48. The summed E-state index contributed by atoms with van der Waals surface area (Å²) in [6.07, 6.45) is 5.18. The van der Waals surface area contributed by atoms with Gasteiger partial charge < -0.3 is 0 Å². The monoisotopic (exact) mass is 180 g/mol. The van der Waals surface area contributed by atoms with E-state index in [0.717, 1.165) is 23.7 Å². The Kier molecular flexibility index (Phi) is 3.58. The number of hydrogen-bond acceptors (Lipinski definition) is 0. The van der Waals surface area contributed by atoms with Crippen LogP contribution in [0, 0.1) is 23.7 Å². The Morgan fingerprint density at radius 3 is 2.31 bits per heavy atom. The smallest absolute Gasteiger partial charge is 0.0198 e. The molecule has 76 valence electrons. The summed E-state index contributed by atoms with van der Waals surface area (Å²) in [5.41, 5.74) is 1.70. The number of allylic oxidation sites excluding steroid dienone is 2. The molecule has 0 spiro atoms. The number of rotatable bonds is 2. The van der Waals surface area contributed by atoms with Gasteiger partial charge in [-0.1, -0.05) is 46.3 Å². The molecular formula is C13H24. The molecule has 1 aliphatic carbocycles. The summed E-state index contributed by atoms with van der Waals surface area (Å²) in [6, 6.07) is 0. The van der Waals surface area contributed by atoms with Crippen molar-refractivity contribution in [3.63, 3.8) is 0 Å². The van der Waals surface area contributed by atoms with Crippen LogP contribution in [0.4, 0.5) is 0 Å². The van der Waals surface area contributed by atoms with Gasteiger partial charge in [0.05, 0.1) is 0 Å². The number of hydrogen-bond donors (Lipinski definition) is 0. The van der Waals surface area contributed by atoms with Crippen molar-refractivity contribution in [3.05, 3.63) is 11.6 Å². The molecule has 0 amide bonds. The summed E-state index contributed by atoms with van der Waals surface area (Å²) in [5.74, 6) is 3.32. The lowest BCUT2D eigenvalue weighted by atomic mass is 9.71. The molecule has 0 aromatic heterocycles. The molecule has 0 radical (unpaired) electrons. The van der Waals surface area contributed by atoms with Gasteiger partial charge in [-0.25, -0.2) is 0 Å². The zero-order chi connectivity index (χ0) is 10.0.